The Morgan fingerprint density at radius 1 is 1.14 bits per heavy atom. The molecule has 10 heteroatoms. The van der Waals surface area contributed by atoms with Crippen molar-refractivity contribution in [2.45, 2.75) is 17.3 Å². The van der Waals surface area contributed by atoms with Gasteiger partial charge in [-0.3, -0.25) is 0 Å². The van der Waals surface area contributed by atoms with Gasteiger partial charge in [-0.25, -0.2) is 17.4 Å². The lowest BCUT2D eigenvalue weighted by Gasteiger charge is -2.07. The van der Waals surface area contributed by atoms with Crippen molar-refractivity contribution < 1.29 is 26.0 Å². The first-order valence-electron chi connectivity index (χ1n) is 8.18. The molecule has 0 atom stereocenters. The second-order valence-corrected chi connectivity index (χ2v) is 9.19. The largest absolute Gasteiger partial charge is 0.446 e. The minimum Gasteiger partial charge on any atom is -0.435 e. The van der Waals surface area contributed by atoms with Crippen molar-refractivity contribution in [1.82, 2.24) is 8.96 Å². The summed E-state index contributed by atoms with van der Waals surface area (Å²) in [4.78, 5) is 4.22. The zero-order chi connectivity index (χ0) is 20.1. The molecule has 0 spiro atoms. The molecule has 0 N–H and O–H groups in total. The SMILES string of the molecule is CCS(=O)(=O)n1c(-c2nc3cc(SC(F)(F)F)ccc3o2)cc2ccccc21. The van der Waals surface area contributed by atoms with E-state index >= 15 is 0 Å². The van der Waals surface area contributed by atoms with Crippen LogP contribution in [0.15, 0.2) is 57.8 Å². The van der Waals surface area contributed by atoms with E-state index in [1.54, 1.807) is 30.3 Å². The molecule has 0 fully saturated rings. The molecule has 2 aromatic heterocycles. The van der Waals surface area contributed by atoms with Gasteiger partial charge >= 0.3 is 5.51 Å². The van der Waals surface area contributed by atoms with Gasteiger partial charge in [-0.2, -0.15) is 13.2 Å². The summed E-state index contributed by atoms with van der Waals surface area (Å²) in [6.07, 6.45) is 0. The minimum absolute atomic E-state index is 0.0254. The molecular weight excluding hydrogens is 413 g/mol. The summed E-state index contributed by atoms with van der Waals surface area (Å²) in [7, 11) is -3.67. The average Bonchev–Trinajstić information content (AvgIpc) is 3.21. The number of fused-ring (bicyclic) bond motifs is 2. The average molecular weight is 426 g/mol. The maximum absolute atomic E-state index is 12.7. The number of alkyl halides is 3. The molecule has 4 rings (SSSR count). The van der Waals surface area contributed by atoms with E-state index in [0.717, 1.165) is 0 Å². The van der Waals surface area contributed by atoms with Crippen LogP contribution in [-0.4, -0.2) is 28.6 Å². The molecule has 0 amide bonds. The topological polar surface area (TPSA) is 65.1 Å². The van der Waals surface area contributed by atoms with Gasteiger partial charge < -0.3 is 4.42 Å². The lowest BCUT2D eigenvalue weighted by molar-refractivity contribution is -0.0328. The number of hydrogen-bond acceptors (Lipinski definition) is 5. The fourth-order valence-electron chi connectivity index (χ4n) is 2.92. The summed E-state index contributed by atoms with van der Waals surface area (Å²) >= 11 is -0.247. The predicted molar refractivity (Wildman–Crippen MR) is 102 cm³/mol. The first-order valence-corrected chi connectivity index (χ1v) is 10.6. The molecule has 0 bridgehead atoms. The van der Waals surface area contributed by atoms with Crippen LogP contribution in [0, 0.1) is 0 Å². The highest BCUT2D eigenvalue weighted by molar-refractivity contribution is 8.00. The Balaban J connectivity index is 1.91. The van der Waals surface area contributed by atoms with Crippen molar-refractivity contribution in [3.8, 4) is 11.6 Å². The van der Waals surface area contributed by atoms with Crippen LogP contribution in [0.5, 0.6) is 0 Å². The van der Waals surface area contributed by atoms with Gasteiger partial charge in [0.25, 0.3) is 0 Å². The van der Waals surface area contributed by atoms with Crippen LogP contribution in [0.25, 0.3) is 33.6 Å². The van der Waals surface area contributed by atoms with E-state index in [4.69, 9.17) is 4.42 Å². The lowest BCUT2D eigenvalue weighted by atomic mass is 10.2. The molecule has 5 nitrogen and oxygen atoms in total. The number of hydrogen-bond donors (Lipinski definition) is 0. The van der Waals surface area contributed by atoms with Crippen LogP contribution in [0.3, 0.4) is 0 Å². The van der Waals surface area contributed by atoms with E-state index < -0.39 is 15.5 Å². The van der Waals surface area contributed by atoms with Gasteiger partial charge in [0, 0.05) is 10.3 Å². The molecule has 0 unspecified atom stereocenters. The van der Waals surface area contributed by atoms with Crippen molar-refractivity contribution in [3.63, 3.8) is 0 Å². The van der Waals surface area contributed by atoms with E-state index in [2.05, 4.69) is 4.98 Å². The molecule has 0 saturated carbocycles. The number of halogens is 3. The Morgan fingerprint density at radius 3 is 2.61 bits per heavy atom. The molecule has 0 saturated heterocycles. The molecule has 146 valence electrons. The van der Waals surface area contributed by atoms with Crippen LogP contribution < -0.4 is 0 Å². The normalized spacial score (nSPS) is 12.9. The Hall–Kier alpha value is -2.46. The summed E-state index contributed by atoms with van der Waals surface area (Å²) < 4.78 is 70.0. The van der Waals surface area contributed by atoms with Gasteiger partial charge in [-0.15, -0.1) is 0 Å². The monoisotopic (exact) mass is 426 g/mol. The number of rotatable bonds is 4. The highest BCUT2D eigenvalue weighted by atomic mass is 32.2. The van der Waals surface area contributed by atoms with Crippen LogP contribution in [0.4, 0.5) is 13.2 Å². The highest BCUT2D eigenvalue weighted by Crippen LogP contribution is 2.38. The second-order valence-electron chi connectivity index (χ2n) is 5.95. The number of thioether (sulfide) groups is 1. The fourth-order valence-corrected chi connectivity index (χ4v) is 4.65. The highest BCUT2D eigenvalue weighted by Gasteiger charge is 2.29. The van der Waals surface area contributed by atoms with E-state index in [9.17, 15) is 21.6 Å². The molecule has 28 heavy (non-hydrogen) atoms. The third-order valence-electron chi connectivity index (χ3n) is 4.12. The van der Waals surface area contributed by atoms with Crippen molar-refractivity contribution in [1.29, 1.82) is 0 Å². The summed E-state index contributed by atoms with van der Waals surface area (Å²) in [5.74, 6) is -0.108. The predicted octanol–water partition coefficient (Wildman–Crippen LogP) is 5.26. The molecular formula is C18H13F3N2O3S2. The number of nitrogens with zero attached hydrogens (tertiary/aromatic N) is 2. The molecule has 2 aromatic carbocycles. The van der Waals surface area contributed by atoms with Crippen LogP contribution in [0.1, 0.15) is 6.92 Å². The van der Waals surface area contributed by atoms with E-state index in [-0.39, 0.29) is 45.1 Å². The van der Waals surface area contributed by atoms with Gasteiger partial charge in [-0.05, 0) is 49.0 Å². The maximum atomic E-state index is 12.7. The molecule has 2 heterocycles. The number of para-hydroxylation sites is 1. The van der Waals surface area contributed by atoms with Gasteiger partial charge in [-0.1, -0.05) is 18.2 Å². The Kier molecular flexibility index (Phi) is 4.42. The molecule has 0 radical (unpaired) electrons. The Bertz CT molecular complexity index is 1290. The van der Waals surface area contributed by atoms with E-state index in [1.165, 1.54) is 29.1 Å². The zero-order valence-corrected chi connectivity index (χ0v) is 16.0. The van der Waals surface area contributed by atoms with Crippen molar-refractivity contribution in [2.75, 3.05) is 5.75 Å². The zero-order valence-electron chi connectivity index (χ0n) is 14.4. The van der Waals surface area contributed by atoms with Gasteiger partial charge in [0.1, 0.15) is 11.2 Å². The number of oxazole rings is 1. The van der Waals surface area contributed by atoms with Gasteiger partial charge in [0.15, 0.2) is 5.58 Å². The van der Waals surface area contributed by atoms with Gasteiger partial charge in [0.2, 0.25) is 15.9 Å². The molecule has 0 aliphatic carbocycles. The van der Waals surface area contributed by atoms with Crippen molar-refractivity contribution >= 4 is 43.8 Å². The second kappa shape index (κ2) is 6.56. The molecule has 0 aliphatic rings. The van der Waals surface area contributed by atoms with E-state index in [1.807, 2.05) is 0 Å². The first kappa shape index (κ1) is 18.9. The van der Waals surface area contributed by atoms with Crippen LogP contribution in [0.2, 0.25) is 0 Å². The third-order valence-corrected chi connectivity index (χ3v) is 6.52. The first-order chi connectivity index (χ1) is 13.2. The quantitative estimate of drug-likeness (QED) is 0.417. The summed E-state index contributed by atoms with van der Waals surface area (Å²) in [6.45, 7) is 1.53. The molecule has 4 aromatic rings. The van der Waals surface area contributed by atoms with Crippen LogP contribution >= 0.6 is 11.8 Å². The third kappa shape index (κ3) is 3.37. The summed E-state index contributed by atoms with van der Waals surface area (Å²) in [5, 5.41) is 0.685. The van der Waals surface area contributed by atoms with Crippen molar-refractivity contribution in [3.05, 3.63) is 48.5 Å². The van der Waals surface area contributed by atoms with Crippen LogP contribution in [-0.2, 0) is 10.0 Å². The minimum atomic E-state index is -4.41. The van der Waals surface area contributed by atoms with Gasteiger partial charge in [0.05, 0.1) is 11.3 Å². The maximum Gasteiger partial charge on any atom is 0.446 e. The summed E-state index contributed by atoms with van der Waals surface area (Å²) in [6, 6.07) is 12.5. The van der Waals surface area contributed by atoms with E-state index in [0.29, 0.717) is 10.9 Å². The number of aromatic nitrogens is 2. The summed E-state index contributed by atoms with van der Waals surface area (Å²) in [5.41, 5.74) is -3.22. The smallest absolute Gasteiger partial charge is 0.435 e. The van der Waals surface area contributed by atoms with Crippen molar-refractivity contribution in [2.24, 2.45) is 0 Å². The lowest BCUT2D eigenvalue weighted by Crippen LogP contribution is -2.15. The Labute approximate surface area is 162 Å². The Morgan fingerprint density at radius 2 is 1.89 bits per heavy atom. The standard InChI is InChI=1S/C18H13F3N2O3S2/c1-2-28(24,25)23-14-6-4-3-5-11(14)9-15(23)17-22-13-10-12(27-18(19,20)21)7-8-16(13)26-17/h3-10H,2H2,1H3. The fraction of sp³-hybridized carbons (Fsp3) is 0.167. The number of benzene rings is 2. The molecule has 0 aliphatic heterocycles.